The van der Waals surface area contributed by atoms with Crippen LogP contribution in [0, 0.1) is 6.92 Å². The van der Waals surface area contributed by atoms with Crippen molar-refractivity contribution in [3.63, 3.8) is 0 Å². The lowest BCUT2D eigenvalue weighted by molar-refractivity contribution is -0.124. The van der Waals surface area contributed by atoms with Crippen LogP contribution in [-0.4, -0.2) is 27.3 Å². The minimum absolute atomic E-state index is 0.00233. The Bertz CT molecular complexity index is 462. The second kappa shape index (κ2) is 6.05. The Morgan fingerprint density at radius 1 is 1.47 bits per heavy atom. The first-order valence-electron chi connectivity index (χ1n) is 6.35. The van der Waals surface area contributed by atoms with Crippen LogP contribution in [0.15, 0.2) is 4.47 Å². The van der Waals surface area contributed by atoms with E-state index in [9.17, 15) is 4.79 Å². The molecule has 0 aliphatic carbocycles. The lowest BCUT2D eigenvalue weighted by atomic mass is 10.1. The van der Waals surface area contributed by atoms with Crippen LogP contribution in [0.5, 0.6) is 0 Å². The van der Waals surface area contributed by atoms with E-state index in [-0.39, 0.29) is 17.5 Å². The summed E-state index contributed by atoms with van der Waals surface area (Å²) in [5.41, 5.74) is 1.77. The topological polar surface area (TPSA) is 59.0 Å². The van der Waals surface area contributed by atoms with Gasteiger partial charge >= 0.3 is 0 Å². The van der Waals surface area contributed by atoms with Crippen molar-refractivity contribution in [3.05, 3.63) is 15.9 Å². The molecular weight excluding hydrogens is 308 g/mol. The fraction of sp³-hybridized carbons (Fsp3) is 0.692. The molecule has 0 aliphatic heterocycles. The Morgan fingerprint density at radius 3 is 2.47 bits per heavy atom. The number of carbonyl (C=O) groups is 1. The van der Waals surface area contributed by atoms with Crippen molar-refractivity contribution in [2.75, 3.05) is 0 Å². The minimum atomic E-state index is -0.249. The van der Waals surface area contributed by atoms with Gasteiger partial charge in [-0.25, -0.2) is 0 Å². The van der Waals surface area contributed by atoms with E-state index in [1.165, 1.54) is 0 Å². The second-order valence-corrected chi connectivity index (χ2v) is 6.60. The number of aromatic nitrogens is 2. The van der Waals surface area contributed by atoms with Crippen LogP contribution in [0.25, 0.3) is 0 Å². The number of rotatable bonds is 4. The molecule has 1 unspecified atom stereocenters. The number of amides is 1. The molecule has 0 aromatic carbocycles. The summed E-state index contributed by atoms with van der Waals surface area (Å²) < 4.78 is 2.81. The van der Waals surface area contributed by atoms with Gasteiger partial charge in [0.15, 0.2) is 0 Å². The van der Waals surface area contributed by atoms with E-state index in [0.717, 1.165) is 15.9 Å². The highest BCUT2D eigenvalue weighted by atomic mass is 79.9. The van der Waals surface area contributed by atoms with Gasteiger partial charge in [0.2, 0.25) is 5.91 Å². The highest BCUT2D eigenvalue weighted by molar-refractivity contribution is 9.10. The predicted molar refractivity (Wildman–Crippen MR) is 79.8 cm³/mol. The van der Waals surface area contributed by atoms with Gasteiger partial charge in [-0.2, -0.15) is 5.10 Å². The largest absolute Gasteiger partial charge is 0.350 e. The van der Waals surface area contributed by atoms with Crippen LogP contribution in [0.1, 0.15) is 39.1 Å². The molecule has 19 heavy (non-hydrogen) atoms. The van der Waals surface area contributed by atoms with E-state index < -0.39 is 0 Å². The second-order valence-electron chi connectivity index (χ2n) is 5.81. The number of hydrogen-bond donors (Lipinski definition) is 2. The molecule has 1 heterocycles. The van der Waals surface area contributed by atoms with Crippen LogP contribution in [0.4, 0.5) is 0 Å². The van der Waals surface area contributed by atoms with Crippen molar-refractivity contribution in [1.29, 1.82) is 0 Å². The van der Waals surface area contributed by atoms with Crippen molar-refractivity contribution in [3.8, 4) is 0 Å². The number of carbonyl (C=O) groups excluding carboxylic acids is 1. The molecule has 0 saturated heterocycles. The zero-order valence-corrected chi connectivity index (χ0v) is 14.1. The Morgan fingerprint density at radius 2 is 2.05 bits per heavy atom. The average Bonchev–Trinajstić information content (AvgIpc) is 2.48. The van der Waals surface area contributed by atoms with Gasteiger partial charge in [0.05, 0.1) is 21.9 Å². The Hall–Kier alpha value is -0.880. The summed E-state index contributed by atoms with van der Waals surface area (Å²) in [6.07, 6.45) is 0. The Balaban J connectivity index is 2.59. The lowest BCUT2D eigenvalue weighted by Crippen LogP contribution is -2.49. The maximum Gasteiger partial charge on any atom is 0.237 e. The maximum absolute atomic E-state index is 11.9. The number of aryl methyl sites for hydroxylation is 2. The normalized spacial score (nSPS) is 13.4. The summed E-state index contributed by atoms with van der Waals surface area (Å²) in [6, 6.07) is -0.249. The molecule has 1 aromatic heterocycles. The first-order valence-corrected chi connectivity index (χ1v) is 7.14. The lowest BCUT2D eigenvalue weighted by Gasteiger charge is -2.23. The molecule has 0 aliphatic rings. The molecule has 0 saturated carbocycles. The number of nitrogens with zero attached hydrogens (tertiary/aromatic N) is 2. The molecule has 2 N–H and O–H groups in total. The van der Waals surface area contributed by atoms with Gasteiger partial charge in [-0.15, -0.1) is 0 Å². The van der Waals surface area contributed by atoms with E-state index in [1.807, 2.05) is 46.3 Å². The zero-order chi connectivity index (χ0) is 14.8. The standard InChI is InChI=1S/C13H23BrN4O/c1-8-11(14)10(18(6)17-8)7-15-9(2)12(19)16-13(3,4)5/h9,15H,7H2,1-6H3,(H,16,19). The molecule has 0 fully saturated rings. The van der Waals surface area contributed by atoms with Crippen molar-refractivity contribution in [1.82, 2.24) is 20.4 Å². The minimum Gasteiger partial charge on any atom is -0.350 e. The highest BCUT2D eigenvalue weighted by Gasteiger charge is 2.19. The third-order valence-electron chi connectivity index (χ3n) is 2.73. The van der Waals surface area contributed by atoms with Crippen LogP contribution in [0.2, 0.25) is 0 Å². The fourth-order valence-corrected chi connectivity index (χ4v) is 2.17. The van der Waals surface area contributed by atoms with Crippen LogP contribution in [0.3, 0.4) is 0 Å². The van der Waals surface area contributed by atoms with Gasteiger partial charge in [-0.05, 0) is 50.5 Å². The van der Waals surface area contributed by atoms with Crippen molar-refractivity contribution in [2.24, 2.45) is 7.05 Å². The SMILES string of the molecule is Cc1nn(C)c(CNC(C)C(=O)NC(C)(C)C)c1Br. The maximum atomic E-state index is 11.9. The van der Waals surface area contributed by atoms with Gasteiger partial charge in [-0.1, -0.05) is 0 Å². The smallest absolute Gasteiger partial charge is 0.237 e. The van der Waals surface area contributed by atoms with E-state index in [1.54, 1.807) is 0 Å². The molecule has 0 radical (unpaired) electrons. The summed E-state index contributed by atoms with van der Waals surface area (Å²) >= 11 is 3.51. The Labute approximate surface area is 123 Å². The van der Waals surface area contributed by atoms with E-state index in [4.69, 9.17) is 0 Å². The molecule has 5 nitrogen and oxygen atoms in total. The van der Waals surface area contributed by atoms with Gasteiger partial charge in [0, 0.05) is 19.1 Å². The number of hydrogen-bond acceptors (Lipinski definition) is 3. The van der Waals surface area contributed by atoms with E-state index in [2.05, 4.69) is 31.7 Å². The molecule has 1 rings (SSSR count). The first-order chi connectivity index (χ1) is 8.61. The monoisotopic (exact) mass is 330 g/mol. The van der Waals surface area contributed by atoms with Crippen molar-refractivity contribution in [2.45, 2.75) is 52.7 Å². The summed E-state index contributed by atoms with van der Waals surface area (Å²) in [4.78, 5) is 11.9. The third kappa shape index (κ3) is 4.62. The quantitative estimate of drug-likeness (QED) is 0.886. The Kier molecular flexibility index (Phi) is 5.15. The van der Waals surface area contributed by atoms with E-state index >= 15 is 0 Å². The average molecular weight is 331 g/mol. The van der Waals surface area contributed by atoms with Crippen LogP contribution in [-0.2, 0) is 18.4 Å². The van der Waals surface area contributed by atoms with Gasteiger partial charge in [-0.3, -0.25) is 9.48 Å². The highest BCUT2D eigenvalue weighted by Crippen LogP contribution is 2.19. The summed E-state index contributed by atoms with van der Waals surface area (Å²) in [7, 11) is 1.90. The molecule has 108 valence electrons. The fourth-order valence-electron chi connectivity index (χ4n) is 1.69. The third-order valence-corrected chi connectivity index (χ3v) is 3.76. The van der Waals surface area contributed by atoms with Crippen LogP contribution < -0.4 is 10.6 Å². The molecule has 1 amide bonds. The summed E-state index contributed by atoms with van der Waals surface area (Å²) in [5, 5.41) is 10.5. The van der Waals surface area contributed by atoms with Gasteiger partial charge in [0.25, 0.3) is 0 Å². The van der Waals surface area contributed by atoms with Crippen molar-refractivity contribution < 1.29 is 4.79 Å². The van der Waals surface area contributed by atoms with E-state index in [0.29, 0.717) is 6.54 Å². The summed E-state index contributed by atoms with van der Waals surface area (Å²) in [6.45, 7) is 10.3. The number of halogens is 1. The zero-order valence-electron chi connectivity index (χ0n) is 12.5. The first kappa shape index (κ1) is 16.2. The van der Waals surface area contributed by atoms with Crippen molar-refractivity contribution >= 4 is 21.8 Å². The number of nitrogens with one attached hydrogen (secondary N) is 2. The predicted octanol–water partition coefficient (Wildman–Crippen LogP) is 1.88. The molecular formula is C13H23BrN4O. The van der Waals surface area contributed by atoms with Crippen LogP contribution >= 0.6 is 15.9 Å². The molecule has 1 aromatic rings. The molecule has 0 bridgehead atoms. The molecule has 1 atom stereocenters. The summed E-state index contributed by atoms with van der Waals surface area (Å²) in [5.74, 6) is 0.00233. The van der Waals surface area contributed by atoms with Gasteiger partial charge in [0.1, 0.15) is 0 Å². The van der Waals surface area contributed by atoms with Gasteiger partial charge < -0.3 is 10.6 Å². The molecule has 0 spiro atoms. The molecule has 6 heteroatoms.